The van der Waals surface area contributed by atoms with E-state index in [4.69, 9.17) is 9.84 Å². The summed E-state index contributed by atoms with van der Waals surface area (Å²) in [6.07, 6.45) is 5.55. The van der Waals surface area contributed by atoms with E-state index < -0.39 is 15.8 Å². The molecule has 0 amide bonds. The number of ether oxygens (including phenoxy) is 1. The van der Waals surface area contributed by atoms with Gasteiger partial charge in [0.25, 0.3) is 0 Å². The van der Waals surface area contributed by atoms with Gasteiger partial charge in [0, 0.05) is 25.4 Å². The molecule has 6 nitrogen and oxygen atoms in total. The number of likely N-dealkylation sites (tertiary alicyclic amines) is 1. The summed E-state index contributed by atoms with van der Waals surface area (Å²) in [5.41, 5.74) is 0. The molecule has 2 fully saturated rings. The molecule has 20 heavy (non-hydrogen) atoms. The molecule has 1 saturated carbocycles. The summed E-state index contributed by atoms with van der Waals surface area (Å²) in [6, 6.07) is 0.130. The van der Waals surface area contributed by atoms with E-state index >= 15 is 0 Å². The van der Waals surface area contributed by atoms with Crippen LogP contribution in [0, 0.1) is 0 Å². The number of hydrogen-bond donors (Lipinski definition) is 1. The second-order valence-corrected chi connectivity index (χ2v) is 8.07. The van der Waals surface area contributed by atoms with Crippen molar-refractivity contribution in [1.82, 2.24) is 4.90 Å². The molecule has 1 saturated heterocycles. The van der Waals surface area contributed by atoms with Crippen LogP contribution >= 0.6 is 0 Å². The first-order valence-electron chi connectivity index (χ1n) is 7.14. The molecule has 0 radical (unpaired) electrons. The minimum atomic E-state index is -2.99. The predicted molar refractivity (Wildman–Crippen MR) is 74.5 cm³/mol. The molecule has 7 heteroatoms. The van der Waals surface area contributed by atoms with Crippen LogP contribution in [-0.4, -0.2) is 67.7 Å². The van der Waals surface area contributed by atoms with Crippen molar-refractivity contribution in [3.8, 4) is 0 Å². The molecule has 0 aromatic carbocycles. The summed E-state index contributed by atoms with van der Waals surface area (Å²) in [7, 11) is -2.99. The number of rotatable bonds is 5. The van der Waals surface area contributed by atoms with Gasteiger partial charge in [-0.1, -0.05) is 6.42 Å². The molecule has 1 aliphatic heterocycles. The molecule has 0 bridgehead atoms. The lowest BCUT2D eigenvalue weighted by Gasteiger charge is -2.37. The van der Waals surface area contributed by atoms with Crippen molar-refractivity contribution in [3.05, 3.63) is 0 Å². The molecule has 2 aliphatic rings. The van der Waals surface area contributed by atoms with Crippen molar-refractivity contribution >= 4 is 15.8 Å². The highest BCUT2D eigenvalue weighted by molar-refractivity contribution is 7.91. The largest absolute Gasteiger partial charge is 0.480 e. The third-order valence-corrected chi connectivity index (χ3v) is 6.01. The van der Waals surface area contributed by atoms with Gasteiger partial charge < -0.3 is 9.84 Å². The Balaban J connectivity index is 1.86. The van der Waals surface area contributed by atoms with Gasteiger partial charge in [0.05, 0.1) is 11.4 Å². The number of piperidine rings is 1. The van der Waals surface area contributed by atoms with Gasteiger partial charge in [-0.15, -0.1) is 0 Å². The minimum Gasteiger partial charge on any atom is -0.480 e. The fraction of sp³-hybridized carbons (Fsp3) is 0.923. The van der Waals surface area contributed by atoms with Crippen LogP contribution in [-0.2, 0) is 19.4 Å². The van der Waals surface area contributed by atoms with Crippen LogP contribution in [0.25, 0.3) is 0 Å². The predicted octanol–water partition coefficient (Wildman–Crippen LogP) is 0.518. The second kappa shape index (κ2) is 6.41. The van der Waals surface area contributed by atoms with E-state index in [-0.39, 0.29) is 24.0 Å². The number of aliphatic carboxylic acids is 1. The first-order valence-corrected chi connectivity index (χ1v) is 9.09. The molecular formula is C13H23NO5S. The maximum atomic E-state index is 11.8. The van der Waals surface area contributed by atoms with Crippen LogP contribution in [0.15, 0.2) is 0 Å². The number of carboxylic acids is 1. The van der Waals surface area contributed by atoms with Crippen LogP contribution in [0.4, 0.5) is 0 Å². The summed E-state index contributed by atoms with van der Waals surface area (Å²) in [4.78, 5) is 12.7. The summed E-state index contributed by atoms with van der Waals surface area (Å²) >= 11 is 0. The van der Waals surface area contributed by atoms with Crippen LogP contribution in [0.5, 0.6) is 0 Å². The Morgan fingerprint density at radius 2 is 1.90 bits per heavy atom. The van der Waals surface area contributed by atoms with Crippen molar-refractivity contribution in [2.24, 2.45) is 0 Å². The quantitative estimate of drug-likeness (QED) is 0.797. The molecule has 1 aliphatic carbocycles. The monoisotopic (exact) mass is 305 g/mol. The molecule has 0 aromatic heterocycles. The second-order valence-electron chi connectivity index (χ2n) is 5.81. The van der Waals surface area contributed by atoms with Gasteiger partial charge in [-0.05, 0) is 25.7 Å². The van der Waals surface area contributed by atoms with Crippen molar-refractivity contribution in [3.63, 3.8) is 0 Å². The topological polar surface area (TPSA) is 83.9 Å². The first-order chi connectivity index (χ1) is 9.38. The molecule has 0 aromatic rings. The van der Waals surface area contributed by atoms with Crippen LogP contribution < -0.4 is 0 Å². The molecule has 0 spiro atoms. The Morgan fingerprint density at radius 3 is 2.45 bits per heavy atom. The van der Waals surface area contributed by atoms with E-state index in [2.05, 4.69) is 4.90 Å². The van der Waals surface area contributed by atoms with Crippen molar-refractivity contribution in [2.45, 2.75) is 49.5 Å². The number of carbonyl (C=O) groups is 1. The van der Waals surface area contributed by atoms with Crippen molar-refractivity contribution in [1.29, 1.82) is 0 Å². The smallest absolute Gasteiger partial charge is 0.329 e. The van der Waals surface area contributed by atoms with E-state index in [0.717, 1.165) is 45.2 Å². The highest BCUT2D eigenvalue weighted by Crippen LogP contribution is 2.31. The van der Waals surface area contributed by atoms with Crippen LogP contribution in [0.3, 0.4) is 0 Å². The van der Waals surface area contributed by atoms with Gasteiger partial charge >= 0.3 is 5.97 Å². The van der Waals surface area contributed by atoms with E-state index in [1.54, 1.807) is 0 Å². The lowest BCUT2D eigenvalue weighted by Crippen LogP contribution is -2.48. The Kier molecular flexibility index (Phi) is 5.04. The molecule has 1 N–H and O–H groups in total. The standard InChI is InChI=1S/C13H23NO5S/c1-20(17,18)12-4-2-3-11(12)14-7-5-10(6-8-14)19-9-13(15)16/h10-12H,2-9H2,1H3,(H,15,16). The average molecular weight is 305 g/mol. The van der Waals surface area contributed by atoms with Gasteiger partial charge in [-0.3, -0.25) is 4.90 Å². The van der Waals surface area contributed by atoms with Crippen molar-refractivity contribution < 1.29 is 23.1 Å². The van der Waals surface area contributed by atoms with Crippen LogP contribution in [0.2, 0.25) is 0 Å². The zero-order valence-corrected chi connectivity index (χ0v) is 12.6. The van der Waals surface area contributed by atoms with Gasteiger partial charge in [-0.2, -0.15) is 0 Å². The van der Waals surface area contributed by atoms with Gasteiger partial charge in [-0.25, -0.2) is 13.2 Å². The zero-order chi connectivity index (χ0) is 14.8. The van der Waals surface area contributed by atoms with Gasteiger partial charge in [0.15, 0.2) is 9.84 Å². The molecule has 1 heterocycles. The normalized spacial score (nSPS) is 29.6. The summed E-state index contributed by atoms with van der Waals surface area (Å²) in [5, 5.41) is 8.35. The zero-order valence-electron chi connectivity index (χ0n) is 11.8. The van der Waals surface area contributed by atoms with Crippen molar-refractivity contribution in [2.75, 3.05) is 26.0 Å². The SMILES string of the molecule is CS(=O)(=O)C1CCCC1N1CCC(OCC(=O)O)CC1. The summed E-state index contributed by atoms with van der Waals surface area (Å²) in [6.45, 7) is 1.34. The number of carboxylic acid groups (broad SMARTS) is 1. The number of hydrogen-bond acceptors (Lipinski definition) is 5. The first kappa shape index (κ1) is 15.7. The van der Waals surface area contributed by atoms with Gasteiger partial charge in [0.1, 0.15) is 6.61 Å². The maximum absolute atomic E-state index is 11.8. The molecule has 2 rings (SSSR count). The third kappa shape index (κ3) is 3.93. The number of sulfone groups is 1. The van der Waals surface area contributed by atoms with E-state index in [1.165, 1.54) is 6.26 Å². The highest BCUT2D eigenvalue weighted by atomic mass is 32.2. The average Bonchev–Trinajstić information content (AvgIpc) is 2.86. The Labute approximate surface area is 120 Å². The Bertz CT molecular complexity index is 442. The van der Waals surface area contributed by atoms with Crippen LogP contribution in [0.1, 0.15) is 32.1 Å². The Hall–Kier alpha value is -0.660. The lowest BCUT2D eigenvalue weighted by atomic mass is 10.0. The minimum absolute atomic E-state index is 0.0135. The fourth-order valence-electron chi connectivity index (χ4n) is 3.39. The number of nitrogens with zero attached hydrogens (tertiary/aromatic N) is 1. The summed E-state index contributed by atoms with van der Waals surface area (Å²) < 4.78 is 28.9. The molecule has 116 valence electrons. The lowest BCUT2D eigenvalue weighted by molar-refractivity contribution is -0.145. The highest BCUT2D eigenvalue weighted by Gasteiger charge is 2.39. The van der Waals surface area contributed by atoms with E-state index in [0.29, 0.717) is 0 Å². The fourth-order valence-corrected chi connectivity index (χ4v) is 4.86. The van der Waals surface area contributed by atoms with E-state index in [9.17, 15) is 13.2 Å². The molecule has 2 atom stereocenters. The maximum Gasteiger partial charge on any atom is 0.329 e. The Morgan fingerprint density at radius 1 is 1.25 bits per heavy atom. The summed E-state index contributed by atoms with van der Waals surface area (Å²) in [5.74, 6) is -0.944. The molecule has 2 unspecified atom stereocenters. The van der Waals surface area contributed by atoms with Gasteiger partial charge in [0.2, 0.25) is 0 Å². The van der Waals surface area contributed by atoms with E-state index in [1.807, 2.05) is 0 Å². The third-order valence-electron chi connectivity index (χ3n) is 4.36. The molecular weight excluding hydrogens is 282 g/mol.